The zero-order chi connectivity index (χ0) is 17.9. The van der Waals surface area contributed by atoms with Gasteiger partial charge in [0.15, 0.2) is 0 Å². The van der Waals surface area contributed by atoms with Gasteiger partial charge in [-0.3, -0.25) is 9.59 Å². The molecular formula is C18H29N3O2S. The molecule has 0 aliphatic carbocycles. The van der Waals surface area contributed by atoms with Crippen molar-refractivity contribution < 1.29 is 9.59 Å². The number of carbonyl (C=O) groups is 2. The van der Waals surface area contributed by atoms with Crippen LogP contribution >= 0.6 is 11.8 Å². The molecule has 0 saturated heterocycles. The van der Waals surface area contributed by atoms with Gasteiger partial charge in [0.05, 0.1) is 0 Å². The number of amides is 2. The van der Waals surface area contributed by atoms with Crippen LogP contribution in [0.5, 0.6) is 0 Å². The monoisotopic (exact) mass is 351 g/mol. The molecule has 1 rings (SSSR count). The molecule has 2 N–H and O–H groups in total. The number of aryl methyl sites for hydroxylation is 1. The van der Waals surface area contributed by atoms with Crippen LogP contribution in [0.2, 0.25) is 0 Å². The van der Waals surface area contributed by atoms with E-state index in [-0.39, 0.29) is 11.8 Å². The summed E-state index contributed by atoms with van der Waals surface area (Å²) >= 11 is 1.67. The Morgan fingerprint density at radius 3 is 2.67 bits per heavy atom. The number of rotatable bonds is 10. The van der Waals surface area contributed by atoms with Crippen LogP contribution in [-0.2, 0) is 4.79 Å². The van der Waals surface area contributed by atoms with E-state index in [0.29, 0.717) is 18.5 Å². The molecule has 0 saturated carbocycles. The van der Waals surface area contributed by atoms with Gasteiger partial charge >= 0.3 is 0 Å². The van der Waals surface area contributed by atoms with E-state index >= 15 is 0 Å². The predicted molar refractivity (Wildman–Crippen MR) is 102 cm³/mol. The van der Waals surface area contributed by atoms with Crippen molar-refractivity contribution >= 4 is 23.6 Å². The van der Waals surface area contributed by atoms with Crippen molar-refractivity contribution in [3.63, 3.8) is 0 Å². The van der Waals surface area contributed by atoms with Crippen LogP contribution in [0.4, 0.5) is 0 Å². The lowest BCUT2D eigenvalue weighted by atomic mass is 10.1. The van der Waals surface area contributed by atoms with Gasteiger partial charge in [0, 0.05) is 12.1 Å². The second-order valence-electron chi connectivity index (χ2n) is 6.12. The Balaban J connectivity index is 2.60. The summed E-state index contributed by atoms with van der Waals surface area (Å²) in [6.45, 7) is 3.48. The maximum Gasteiger partial charge on any atom is 0.251 e. The molecular weight excluding hydrogens is 322 g/mol. The van der Waals surface area contributed by atoms with Gasteiger partial charge in [-0.15, -0.1) is 0 Å². The zero-order valence-corrected chi connectivity index (χ0v) is 15.9. The molecule has 2 amide bonds. The van der Waals surface area contributed by atoms with Crippen molar-refractivity contribution in [1.82, 2.24) is 15.5 Å². The van der Waals surface area contributed by atoms with E-state index < -0.39 is 6.04 Å². The number of carbonyl (C=O) groups excluding carboxylic acids is 2. The molecule has 0 spiro atoms. The van der Waals surface area contributed by atoms with Gasteiger partial charge in [-0.25, -0.2) is 0 Å². The molecule has 0 radical (unpaired) electrons. The molecule has 0 bridgehead atoms. The van der Waals surface area contributed by atoms with Crippen molar-refractivity contribution in [3.8, 4) is 0 Å². The van der Waals surface area contributed by atoms with Crippen LogP contribution in [0.15, 0.2) is 24.3 Å². The summed E-state index contributed by atoms with van der Waals surface area (Å²) in [6, 6.07) is 6.89. The third-order valence-corrected chi connectivity index (χ3v) is 4.24. The molecule has 0 fully saturated rings. The summed E-state index contributed by atoms with van der Waals surface area (Å²) in [5, 5.41) is 5.80. The van der Waals surface area contributed by atoms with Crippen LogP contribution in [0.3, 0.4) is 0 Å². The molecule has 0 aliphatic rings. The minimum atomic E-state index is -0.496. The lowest BCUT2D eigenvalue weighted by molar-refractivity contribution is -0.123. The lowest BCUT2D eigenvalue weighted by Gasteiger charge is -2.19. The van der Waals surface area contributed by atoms with Crippen molar-refractivity contribution in [1.29, 1.82) is 0 Å². The topological polar surface area (TPSA) is 61.4 Å². The second-order valence-corrected chi connectivity index (χ2v) is 7.11. The third kappa shape index (κ3) is 7.84. The fourth-order valence-electron chi connectivity index (χ4n) is 2.26. The quantitative estimate of drug-likeness (QED) is 0.632. The third-order valence-electron chi connectivity index (χ3n) is 3.59. The van der Waals surface area contributed by atoms with Crippen molar-refractivity contribution in [2.24, 2.45) is 0 Å². The molecule has 24 heavy (non-hydrogen) atoms. The Labute approximate surface area is 149 Å². The highest BCUT2D eigenvalue weighted by molar-refractivity contribution is 7.98. The van der Waals surface area contributed by atoms with Crippen LogP contribution in [0.25, 0.3) is 0 Å². The summed E-state index contributed by atoms with van der Waals surface area (Å²) in [6.07, 6.45) is 3.51. The van der Waals surface area contributed by atoms with Gasteiger partial charge in [-0.1, -0.05) is 17.7 Å². The second kappa shape index (κ2) is 11.1. The van der Waals surface area contributed by atoms with Gasteiger partial charge < -0.3 is 15.5 Å². The van der Waals surface area contributed by atoms with Crippen LogP contribution in [-0.4, -0.2) is 61.9 Å². The number of hydrogen-bond donors (Lipinski definition) is 2. The Kier molecular flexibility index (Phi) is 9.49. The highest BCUT2D eigenvalue weighted by Gasteiger charge is 2.20. The van der Waals surface area contributed by atoms with Gasteiger partial charge in [-0.05, 0) is 64.5 Å². The Bertz CT molecular complexity index is 535. The normalized spacial score (nSPS) is 12.0. The Morgan fingerprint density at radius 1 is 1.29 bits per heavy atom. The molecule has 0 aromatic heterocycles. The fourth-order valence-corrected chi connectivity index (χ4v) is 2.73. The number of nitrogens with zero attached hydrogens (tertiary/aromatic N) is 1. The highest BCUT2D eigenvalue weighted by Crippen LogP contribution is 2.06. The average Bonchev–Trinajstić information content (AvgIpc) is 2.54. The van der Waals surface area contributed by atoms with Crippen molar-refractivity contribution in [2.45, 2.75) is 25.8 Å². The first-order chi connectivity index (χ1) is 11.4. The molecule has 1 aromatic rings. The van der Waals surface area contributed by atoms with Gasteiger partial charge in [0.2, 0.25) is 5.91 Å². The van der Waals surface area contributed by atoms with E-state index in [1.807, 2.05) is 45.5 Å². The van der Waals surface area contributed by atoms with Crippen LogP contribution in [0, 0.1) is 6.92 Å². The Hall–Kier alpha value is -1.53. The molecule has 134 valence electrons. The van der Waals surface area contributed by atoms with Crippen molar-refractivity contribution in [3.05, 3.63) is 35.4 Å². The van der Waals surface area contributed by atoms with Crippen LogP contribution in [0.1, 0.15) is 28.8 Å². The molecule has 0 heterocycles. The van der Waals surface area contributed by atoms with Crippen molar-refractivity contribution in [2.75, 3.05) is 39.2 Å². The van der Waals surface area contributed by atoms with Gasteiger partial charge in [0.1, 0.15) is 6.04 Å². The highest BCUT2D eigenvalue weighted by atomic mass is 32.2. The Morgan fingerprint density at radius 2 is 2.04 bits per heavy atom. The standard InChI is InChI=1S/C18H29N3O2S/c1-14-7-5-8-15(13-14)17(22)20-16(9-12-24-4)18(23)19-10-6-11-21(2)3/h5,7-8,13,16H,6,9-12H2,1-4H3,(H,19,23)(H,20,22). The maximum atomic E-state index is 12.4. The minimum absolute atomic E-state index is 0.108. The first kappa shape index (κ1) is 20.5. The van der Waals surface area contributed by atoms with E-state index in [4.69, 9.17) is 0 Å². The van der Waals surface area contributed by atoms with E-state index in [1.54, 1.807) is 17.8 Å². The first-order valence-electron chi connectivity index (χ1n) is 8.23. The predicted octanol–water partition coefficient (Wildman–Crippen LogP) is 1.91. The summed E-state index contributed by atoms with van der Waals surface area (Å²) in [5.74, 6) is 0.515. The number of hydrogen-bond acceptors (Lipinski definition) is 4. The summed E-state index contributed by atoms with van der Waals surface area (Å²) in [5.41, 5.74) is 1.61. The molecule has 6 heteroatoms. The lowest BCUT2D eigenvalue weighted by Crippen LogP contribution is -2.47. The number of benzene rings is 1. The average molecular weight is 352 g/mol. The summed E-state index contributed by atoms with van der Waals surface area (Å²) in [4.78, 5) is 26.8. The van der Waals surface area contributed by atoms with E-state index in [2.05, 4.69) is 15.5 Å². The number of nitrogens with one attached hydrogen (secondary N) is 2. The first-order valence-corrected chi connectivity index (χ1v) is 9.62. The smallest absolute Gasteiger partial charge is 0.251 e. The van der Waals surface area contributed by atoms with E-state index in [9.17, 15) is 9.59 Å². The summed E-state index contributed by atoms with van der Waals surface area (Å²) < 4.78 is 0. The van der Waals surface area contributed by atoms with E-state index in [1.165, 1.54) is 0 Å². The number of thioether (sulfide) groups is 1. The van der Waals surface area contributed by atoms with Gasteiger partial charge in [-0.2, -0.15) is 11.8 Å². The van der Waals surface area contributed by atoms with Crippen LogP contribution < -0.4 is 10.6 Å². The SMILES string of the molecule is CSCCC(NC(=O)c1cccc(C)c1)C(=O)NCCCN(C)C. The molecule has 0 aliphatic heterocycles. The minimum Gasteiger partial charge on any atom is -0.354 e. The summed E-state index contributed by atoms with van der Waals surface area (Å²) in [7, 11) is 4.01. The van der Waals surface area contributed by atoms with Gasteiger partial charge in [0.25, 0.3) is 5.91 Å². The van der Waals surface area contributed by atoms with E-state index in [0.717, 1.165) is 24.3 Å². The largest absolute Gasteiger partial charge is 0.354 e. The fraction of sp³-hybridized carbons (Fsp3) is 0.556. The zero-order valence-electron chi connectivity index (χ0n) is 15.1. The molecule has 1 unspecified atom stereocenters. The maximum absolute atomic E-state index is 12.4. The molecule has 1 atom stereocenters. The molecule has 5 nitrogen and oxygen atoms in total. The molecule has 1 aromatic carbocycles.